The third-order valence-electron chi connectivity index (χ3n) is 1.69. The van der Waals surface area contributed by atoms with E-state index in [4.69, 9.17) is 34.8 Å². The van der Waals surface area contributed by atoms with Crippen molar-refractivity contribution in [3.05, 3.63) is 41.7 Å². The number of carbonyl (C=O) groups is 1. The van der Waals surface area contributed by atoms with Crippen LogP contribution in [-0.4, -0.2) is 14.7 Å². The van der Waals surface area contributed by atoms with E-state index in [1.807, 2.05) is 0 Å². The SMILES string of the molecule is O=C(/C=C(\O)c1ccc(F)cc1)C(Cl)(Cl)Cl. The number of carbonyl (C=O) groups excluding carboxylic acids is 1. The van der Waals surface area contributed by atoms with Crippen LogP contribution in [0, 0.1) is 5.82 Å². The average Bonchev–Trinajstić information content (AvgIpc) is 2.17. The van der Waals surface area contributed by atoms with Gasteiger partial charge in [0.25, 0.3) is 3.79 Å². The molecule has 0 saturated heterocycles. The summed E-state index contributed by atoms with van der Waals surface area (Å²) < 4.78 is 10.5. The summed E-state index contributed by atoms with van der Waals surface area (Å²) in [6.45, 7) is 0. The summed E-state index contributed by atoms with van der Waals surface area (Å²) in [7, 11) is 0. The minimum Gasteiger partial charge on any atom is -0.507 e. The molecule has 86 valence electrons. The highest BCUT2D eigenvalue weighted by Crippen LogP contribution is 2.28. The Hall–Kier alpha value is -0.770. The molecule has 2 nitrogen and oxygen atoms in total. The van der Waals surface area contributed by atoms with Crippen LogP contribution in [0.3, 0.4) is 0 Å². The molecule has 0 heterocycles. The molecule has 0 aliphatic carbocycles. The molecule has 0 saturated carbocycles. The zero-order chi connectivity index (χ0) is 12.3. The molecule has 0 radical (unpaired) electrons. The fourth-order valence-electron chi connectivity index (χ4n) is 0.910. The number of halogens is 4. The number of hydrogen-bond donors (Lipinski definition) is 1. The number of allylic oxidation sites excluding steroid dienone is 1. The molecule has 1 aromatic rings. The lowest BCUT2D eigenvalue weighted by molar-refractivity contribution is -0.113. The quantitative estimate of drug-likeness (QED) is 0.511. The molecule has 1 rings (SSSR count). The second kappa shape index (κ2) is 5.04. The Morgan fingerprint density at radius 3 is 2.19 bits per heavy atom. The first-order valence-electron chi connectivity index (χ1n) is 4.08. The number of aliphatic hydroxyl groups excluding tert-OH is 1. The molecule has 0 bridgehead atoms. The molecule has 0 spiro atoms. The molecule has 0 aromatic heterocycles. The van der Waals surface area contributed by atoms with Crippen LogP contribution in [0.5, 0.6) is 0 Å². The van der Waals surface area contributed by atoms with E-state index in [0.29, 0.717) is 0 Å². The van der Waals surface area contributed by atoms with Crippen LogP contribution in [0.2, 0.25) is 0 Å². The van der Waals surface area contributed by atoms with Gasteiger partial charge >= 0.3 is 0 Å². The van der Waals surface area contributed by atoms with Crippen molar-refractivity contribution in [2.45, 2.75) is 3.79 Å². The molecule has 0 atom stereocenters. The van der Waals surface area contributed by atoms with Gasteiger partial charge in [0.15, 0.2) is 0 Å². The summed E-state index contributed by atoms with van der Waals surface area (Å²) in [5.41, 5.74) is 0.254. The van der Waals surface area contributed by atoms with Gasteiger partial charge in [0.05, 0.1) is 0 Å². The maximum absolute atomic E-state index is 12.6. The van der Waals surface area contributed by atoms with E-state index in [2.05, 4.69) is 0 Å². The monoisotopic (exact) mass is 282 g/mol. The molecule has 0 aliphatic heterocycles. The Morgan fingerprint density at radius 2 is 1.75 bits per heavy atom. The van der Waals surface area contributed by atoms with Crippen molar-refractivity contribution in [1.82, 2.24) is 0 Å². The molecular formula is C10H6Cl3FO2. The number of rotatable bonds is 2. The van der Waals surface area contributed by atoms with E-state index in [-0.39, 0.29) is 5.56 Å². The van der Waals surface area contributed by atoms with Crippen molar-refractivity contribution in [3.63, 3.8) is 0 Å². The molecule has 0 fully saturated rings. The number of aliphatic hydroxyl groups is 1. The Labute approximate surface area is 106 Å². The van der Waals surface area contributed by atoms with Gasteiger partial charge < -0.3 is 5.11 Å². The first-order chi connectivity index (χ1) is 7.30. The van der Waals surface area contributed by atoms with E-state index < -0.39 is 21.2 Å². The maximum Gasteiger partial charge on any atom is 0.252 e. The van der Waals surface area contributed by atoms with Gasteiger partial charge in [-0.1, -0.05) is 34.8 Å². The van der Waals surface area contributed by atoms with Crippen LogP contribution >= 0.6 is 34.8 Å². The molecular weight excluding hydrogens is 277 g/mol. The van der Waals surface area contributed by atoms with Crippen molar-refractivity contribution in [2.75, 3.05) is 0 Å². The van der Waals surface area contributed by atoms with Crippen LogP contribution < -0.4 is 0 Å². The van der Waals surface area contributed by atoms with E-state index in [1.165, 1.54) is 12.1 Å². The largest absolute Gasteiger partial charge is 0.507 e. The van der Waals surface area contributed by atoms with Gasteiger partial charge in [-0.25, -0.2) is 4.39 Å². The Bertz CT molecular complexity index is 421. The maximum atomic E-state index is 12.6. The topological polar surface area (TPSA) is 37.3 Å². The number of benzene rings is 1. The van der Waals surface area contributed by atoms with Crippen molar-refractivity contribution in [3.8, 4) is 0 Å². The normalized spacial score (nSPS) is 12.6. The van der Waals surface area contributed by atoms with Gasteiger partial charge in [-0.15, -0.1) is 0 Å². The summed E-state index contributed by atoms with van der Waals surface area (Å²) in [6, 6.07) is 4.87. The van der Waals surface area contributed by atoms with Gasteiger partial charge in [0.1, 0.15) is 11.6 Å². The molecule has 6 heteroatoms. The lowest BCUT2D eigenvalue weighted by atomic mass is 10.1. The van der Waals surface area contributed by atoms with Crippen LogP contribution in [0.25, 0.3) is 5.76 Å². The third kappa shape index (κ3) is 3.67. The van der Waals surface area contributed by atoms with E-state index in [0.717, 1.165) is 18.2 Å². The molecule has 0 unspecified atom stereocenters. The van der Waals surface area contributed by atoms with Gasteiger partial charge in [0, 0.05) is 11.6 Å². The summed E-state index contributed by atoms with van der Waals surface area (Å²) in [5.74, 6) is -1.72. The van der Waals surface area contributed by atoms with Crippen LogP contribution in [0.1, 0.15) is 5.56 Å². The third-order valence-corrected chi connectivity index (χ3v) is 2.25. The minimum absolute atomic E-state index is 0.254. The second-order valence-corrected chi connectivity index (χ2v) is 5.18. The number of hydrogen-bond acceptors (Lipinski definition) is 2. The van der Waals surface area contributed by atoms with Crippen molar-refractivity contribution in [1.29, 1.82) is 0 Å². The highest BCUT2D eigenvalue weighted by molar-refractivity contribution is 6.77. The van der Waals surface area contributed by atoms with Crippen molar-refractivity contribution >= 4 is 46.3 Å². The standard InChI is InChI=1S/C10H6Cl3FO2/c11-10(12,13)9(16)5-8(15)6-1-3-7(14)4-2-6/h1-5,15H/b8-5-. The van der Waals surface area contributed by atoms with Gasteiger partial charge in [-0.3, -0.25) is 4.79 Å². The zero-order valence-corrected chi connectivity index (χ0v) is 10.0. The summed E-state index contributed by atoms with van der Waals surface area (Å²) in [5, 5.41) is 9.49. The molecule has 0 amide bonds. The molecule has 1 aromatic carbocycles. The smallest absolute Gasteiger partial charge is 0.252 e. The first kappa shape index (κ1) is 13.3. The lowest BCUT2D eigenvalue weighted by Gasteiger charge is -2.06. The van der Waals surface area contributed by atoms with Gasteiger partial charge in [-0.05, 0) is 24.3 Å². The van der Waals surface area contributed by atoms with Crippen LogP contribution in [0.4, 0.5) is 4.39 Å². The molecule has 1 N–H and O–H groups in total. The Morgan fingerprint density at radius 1 is 1.25 bits per heavy atom. The summed E-state index contributed by atoms with van der Waals surface area (Å²) in [4.78, 5) is 11.2. The minimum atomic E-state index is -2.12. The zero-order valence-electron chi connectivity index (χ0n) is 7.75. The summed E-state index contributed by atoms with van der Waals surface area (Å²) >= 11 is 15.9. The molecule has 16 heavy (non-hydrogen) atoms. The second-order valence-electron chi connectivity index (χ2n) is 2.90. The van der Waals surface area contributed by atoms with Gasteiger partial charge in [-0.2, -0.15) is 0 Å². The number of alkyl halides is 3. The van der Waals surface area contributed by atoms with E-state index in [9.17, 15) is 14.3 Å². The van der Waals surface area contributed by atoms with Crippen LogP contribution in [0.15, 0.2) is 30.3 Å². The Balaban J connectivity index is 2.94. The fourth-order valence-corrected chi connectivity index (χ4v) is 1.07. The van der Waals surface area contributed by atoms with Crippen LogP contribution in [-0.2, 0) is 4.79 Å². The van der Waals surface area contributed by atoms with Crippen molar-refractivity contribution in [2.24, 2.45) is 0 Å². The van der Waals surface area contributed by atoms with Crippen molar-refractivity contribution < 1.29 is 14.3 Å². The highest BCUT2D eigenvalue weighted by atomic mass is 35.6. The Kier molecular flexibility index (Phi) is 4.19. The lowest BCUT2D eigenvalue weighted by Crippen LogP contribution is -2.16. The van der Waals surface area contributed by atoms with E-state index >= 15 is 0 Å². The highest BCUT2D eigenvalue weighted by Gasteiger charge is 2.29. The number of ketones is 1. The molecule has 0 aliphatic rings. The van der Waals surface area contributed by atoms with E-state index in [1.54, 1.807) is 0 Å². The fraction of sp³-hybridized carbons (Fsp3) is 0.100. The average molecular weight is 284 g/mol. The summed E-state index contributed by atoms with van der Waals surface area (Å²) in [6.07, 6.45) is 0.778. The first-order valence-corrected chi connectivity index (χ1v) is 5.22. The van der Waals surface area contributed by atoms with Gasteiger partial charge in [0.2, 0.25) is 5.78 Å². The predicted molar refractivity (Wildman–Crippen MR) is 62.3 cm³/mol. The predicted octanol–water partition coefficient (Wildman–Crippen LogP) is 3.66.